The second-order valence-electron chi connectivity index (χ2n) is 6.73. The molecule has 2 aromatic carbocycles. The average molecular weight is 436 g/mol. The van der Waals surface area contributed by atoms with Crippen LogP contribution in [0.1, 0.15) is 28.4 Å². The molecule has 0 fully saturated rings. The van der Waals surface area contributed by atoms with Gasteiger partial charge < -0.3 is 9.52 Å². The van der Waals surface area contributed by atoms with Crippen LogP contribution in [-0.2, 0) is 6.42 Å². The molecule has 140 valence electrons. The number of nitrogens with zero attached hydrogens (tertiary/aromatic N) is 1. The van der Waals surface area contributed by atoms with E-state index in [2.05, 4.69) is 20.9 Å². The molecule has 1 atom stereocenters. The minimum absolute atomic E-state index is 0.0375. The van der Waals surface area contributed by atoms with Gasteiger partial charge in [0.1, 0.15) is 11.3 Å². The van der Waals surface area contributed by atoms with E-state index >= 15 is 0 Å². The van der Waals surface area contributed by atoms with Gasteiger partial charge in [0.25, 0.3) is 0 Å². The van der Waals surface area contributed by atoms with Crippen molar-refractivity contribution in [3.8, 4) is 5.75 Å². The Morgan fingerprint density at radius 1 is 1.07 bits per heavy atom. The van der Waals surface area contributed by atoms with Gasteiger partial charge in [0.05, 0.1) is 10.9 Å². The Kier molecular flexibility index (Phi) is 5.01. The quantitative estimate of drug-likeness (QED) is 0.439. The van der Waals surface area contributed by atoms with Crippen LogP contribution in [0.2, 0.25) is 0 Å². The molecule has 1 unspecified atom stereocenters. The van der Waals surface area contributed by atoms with Crippen LogP contribution < -0.4 is 5.63 Å². The molecule has 28 heavy (non-hydrogen) atoms. The van der Waals surface area contributed by atoms with E-state index in [1.54, 1.807) is 18.2 Å². The second kappa shape index (κ2) is 7.60. The second-order valence-corrected chi connectivity index (χ2v) is 7.65. The Morgan fingerprint density at radius 3 is 2.64 bits per heavy atom. The Hall–Kier alpha value is -2.92. The zero-order valence-electron chi connectivity index (χ0n) is 15.2. The van der Waals surface area contributed by atoms with E-state index in [4.69, 9.17) is 4.42 Å². The Labute approximate surface area is 170 Å². The van der Waals surface area contributed by atoms with E-state index < -0.39 is 11.5 Å². The smallest absolute Gasteiger partial charge is 0.343 e. The first-order chi connectivity index (χ1) is 13.5. The zero-order chi connectivity index (χ0) is 19.7. The summed E-state index contributed by atoms with van der Waals surface area (Å²) in [7, 11) is 0. The highest BCUT2D eigenvalue weighted by Gasteiger charge is 2.25. The molecule has 0 radical (unpaired) electrons. The van der Waals surface area contributed by atoms with Crippen LogP contribution in [0.4, 0.5) is 0 Å². The number of aromatic nitrogens is 1. The van der Waals surface area contributed by atoms with Crippen LogP contribution in [-0.4, -0.2) is 10.1 Å². The number of fused-ring (bicyclic) bond motifs is 1. The maximum Gasteiger partial charge on any atom is 0.343 e. The van der Waals surface area contributed by atoms with Gasteiger partial charge in [0, 0.05) is 28.2 Å². The number of pyridine rings is 1. The zero-order valence-corrected chi connectivity index (χ0v) is 16.8. The molecule has 1 N–H and O–H groups in total. The molecule has 4 rings (SSSR count). The maximum atomic E-state index is 12.9. The van der Waals surface area contributed by atoms with Crippen molar-refractivity contribution in [2.24, 2.45) is 0 Å². The lowest BCUT2D eigenvalue weighted by Gasteiger charge is -2.19. The van der Waals surface area contributed by atoms with E-state index in [9.17, 15) is 9.90 Å². The van der Waals surface area contributed by atoms with Gasteiger partial charge in [-0.25, -0.2) is 4.79 Å². The minimum Gasteiger partial charge on any atom is -0.507 e. The summed E-state index contributed by atoms with van der Waals surface area (Å²) in [6.07, 6.45) is 0.467. The van der Waals surface area contributed by atoms with Crippen LogP contribution in [0.3, 0.4) is 0 Å². The van der Waals surface area contributed by atoms with Gasteiger partial charge in [-0.05, 0) is 48.9 Å². The van der Waals surface area contributed by atoms with Crippen molar-refractivity contribution in [3.63, 3.8) is 0 Å². The molecule has 0 aliphatic carbocycles. The molecule has 0 aliphatic rings. The topological polar surface area (TPSA) is 63.3 Å². The molecule has 0 bridgehead atoms. The fourth-order valence-electron chi connectivity index (χ4n) is 3.49. The van der Waals surface area contributed by atoms with E-state index in [1.165, 1.54) is 0 Å². The molecule has 5 heteroatoms. The molecule has 0 spiro atoms. The summed E-state index contributed by atoms with van der Waals surface area (Å²) < 4.78 is 6.42. The molecule has 0 aliphatic heterocycles. The summed E-state index contributed by atoms with van der Waals surface area (Å²) in [6.45, 7) is 1.93. The van der Waals surface area contributed by atoms with E-state index in [0.29, 0.717) is 17.4 Å². The number of benzene rings is 2. The van der Waals surface area contributed by atoms with E-state index in [1.807, 2.05) is 55.5 Å². The van der Waals surface area contributed by atoms with E-state index in [-0.39, 0.29) is 11.3 Å². The number of halogens is 1. The summed E-state index contributed by atoms with van der Waals surface area (Å²) in [5.41, 5.74) is 2.73. The van der Waals surface area contributed by atoms with Crippen molar-refractivity contribution in [3.05, 3.63) is 104 Å². The van der Waals surface area contributed by atoms with E-state index in [0.717, 1.165) is 21.4 Å². The molecule has 2 heterocycles. The number of aryl methyl sites for hydroxylation is 1. The number of hydrogen-bond acceptors (Lipinski definition) is 4. The molecule has 4 aromatic rings. The third-order valence-corrected chi connectivity index (χ3v) is 5.27. The fourth-order valence-corrected chi connectivity index (χ4v) is 3.90. The van der Waals surface area contributed by atoms with Crippen LogP contribution in [0.5, 0.6) is 5.75 Å². The van der Waals surface area contributed by atoms with Crippen LogP contribution >= 0.6 is 15.9 Å². The number of aromatic hydroxyl groups is 1. The minimum atomic E-state index is -0.533. The average Bonchev–Trinajstić information content (AvgIpc) is 2.67. The normalized spacial score (nSPS) is 12.2. The highest BCUT2D eigenvalue weighted by molar-refractivity contribution is 9.10. The highest BCUT2D eigenvalue weighted by Crippen LogP contribution is 2.36. The molecule has 4 nitrogen and oxygen atoms in total. The third-order valence-electron chi connectivity index (χ3n) is 4.78. The summed E-state index contributed by atoms with van der Waals surface area (Å²) in [4.78, 5) is 17.4. The first kappa shape index (κ1) is 18.4. The largest absolute Gasteiger partial charge is 0.507 e. The lowest BCUT2D eigenvalue weighted by molar-refractivity contribution is 0.450. The monoisotopic (exact) mass is 435 g/mol. The molecular weight excluding hydrogens is 418 g/mol. The highest BCUT2D eigenvalue weighted by atomic mass is 79.9. The fraction of sp³-hybridized carbons (Fsp3) is 0.130. The maximum absolute atomic E-state index is 12.9. The van der Waals surface area contributed by atoms with Gasteiger partial charge >= 0.3 is 5.63 Å². The lowest BCUT2D eigenvalue weighted by Crippen LogP contribution is -2.17. The molecule has 0 saturated heterocycles. The van der Waals surface area contributed by atoms with Crippen LogP contribution in [0.15, 0.2) is 80.4 Å². The van der Waals surface area contributed by atoms with Crippen LogP contribution in [0, 0.1) is 6.92 Å². The molecule has 2 aromatic heterocycles. The van der Waals surface area contributed by atoms with Gasteiger partial charge in [-0.1, -0.05) is 46.3 Å². The van der Waals surface area contributed by atoms with Gasteiger partial charge in [-0.2, -0.15) is 0 Å². The van der Waals surface area contributed by atoms with Gasteiger partial charge in [-0.3, -0.25) is 4.98 Å². The lowest BCUT2D eigenvalue weighted by atomic mass is 9.87. The van der Waals surface area contributed by atoms with Crippen LogP contribution in [0.25, 0.3) is 11.0 Å². The summed E-state index contributed by atoms with van der Waals surface area (Å²) in [5.74, 6) is -0.433. The van der Waals surface area contributed by atoms with Crippen molar-refractivity contribution in [2.45, 2.75) is 19.3 Å². The van der Waals surface area contributed by atoms with Crippen molar-refractivity contribution in [1.82, 2.24) is 4.98 Å². The Bertz CT molecular complexity index is 1220. The standard InChI is InChI=1S/C23H18BrNO3/c1-14-6-4-9-17(25-14)13-19(15-7-5-8-16(24)12-15)21-22(26)18-10-2-3-11-20(18)28-23(21)27/h2-12,19,26H,13H2,1H3. The van der Waals surface area contributed by atoms with Gasteiger partial charge in [0.2, 0.25) is 0 Å². The van der Waals surface area contributed by atoms with Crippen molar-refractivity contribution in [2.75, 3.05) is 0 Å². The molecule has 0 saturated carbocycles. The van der Waals surface area contributed by atoms with Crippen molar-refractivity contribution in [1.29, 1.82) is 0 Å². The first-order valence-corrected chi connectivity index (χ1v) is 9.75. The number of rotatable bonds is 4. The number of hydrogen-bond donors (Lipinski definition) is 1. The first-order valence-electron chi connectivity index (χ1n) is 8.95. The molecule has 0 amide bonds. The SMILES string of the molecule is Cc1cccc(CC(c2cccc(Br)c2)c2c(O)c3ccccc3oc2=O)n1. The molecular formula is C23H18BrNO3. The van der Waals surface area contributed by atoms with Crippen molar-refractivity contribution >= 4 is 26.9 Å². The predicted octanol–water partition coefficient (Wildman–Crippen LogP) is 5.34. The number of para-hydroxylation sites is 1. The summed E-state index contributed by atoms with van der Waals surface area (Å²) >= 11 is 3.50. The summed E-state index contributed by atoms with van der Waals surface area (Å²) in [6, 6.07) is 20.5. The van der Waals surface area contributed by atoms with Crippen molar-refractivity contribution < 1.29 is 9.52 Å². The Balaban J connectivity index is 1.93. The van der Waals surface area contributed by atoms with Gasteiger partial charge in [-0.15, -0.1) is 0 Å². The predicted molar refractivity (Wildman–Crippen MR) is 113 cm³/mol. The van der Waals surface area contributed by atoms with Gasteiger partial charge in [0.15, 0.2) is 0 Å². The third kappa shape index (κ3) is 3.58. The summed E-state index contributed by atoms with van der Waals surface area (Å²) in [5, 5.41) is 11.5. The Morgan fingerprint density at radius 2 is 1.86 bits per heavy atom.